The van der Waals surface area contributed by atoms with Gasteiger partial charge >= 0.3 is 0 Å². The van der Waals surface area contributed by atoms with Crippen LogP contribution in [0.25, 0.3) is 0 Å². The molecule has 0 spiro atoms. The Hall–Kier alpha value is -0.860. The lowest BCUT2D eigenvalue weighted by Crippen LogP contribution is -2.31. The van der Waals surface area contributed by atoms with E-state index in [-0.39, 0.29) is 0 Å². The van der Waals surface area contributed by atoms with Crippen molar-refractivity contribution in [3.8, 4) is 0 Å². The number of benzene rings is 1. The number of aryl methyl sites for hydroxylation is 1. The Morgan fingerprint density at radius 1 is 1.20 bits per heavy atom. The Morgan fingerprint density at radius 3 is 2.27 bits per heavy atom. The Labute approximate surface area is 92.6 Å². The van der Waals surface area contributed by atoms with Crippen molar-refractivity contribution in [3.63, 3.8) is 0 Å². The van der Waals surface area contributed by atoms with Crippen molar-refractivity contribution in [1.82, 2.24) is 5.32 Å². The van der Waals surface area contributed by atoms with Gasteiger partial charge in [-0.1, -0.05) is 35.9 Å². The van der Waals surface area contributed by atoms with Gasteiger partial charge in [-0.05, 0) is 33.2 Å². The highest BCUT2D eigenvalue weighted by Crippen LogP contribution is 2.08. The molecule has 0 saturated carbocycles. The summed E-state index contributed by atoms with van der Waals surface area (Å²) in [6.45, 7) is 3.02. The molecular formula is C13H21NO. The van der Waals surface area contributed by atoms with Gasteiger partial charge in [-0.25, -0.2) is 0 Å². The Balaban J connectivity index is 0.000000151. The zero-order valence-corrected chi connectivity index (χ0v) is 9.70. The molecule has 1 heterocycles. The topological polar surface area (TPSA) is 21.3 Å². The Kier molecular flexibility index (Phi) is 6.05. The normalized spacial score (nSPS) is 20.3. The van der Waals surface area contributed by atoms with Gasteiger partial charge in [0.15, 0.2) is 0 Å². The average molecular weight is 207 g/mol. The first kappa shape index (κ1) is 12.2. The molecule has 1 aromatic carbocycles. The van der Waals surface area contributed by atoms with Crippen LogP contribution in [0.1, 0.15) is 24.8 Å². The number of rotatable bonds is 1. The minimum atomic E-state index is 0.337. The number of ether oxygens (including phenoxy) is 1. The predicted molar refractivity (Wildman–Crippen MR) is 63.8 cm³/mol. The molecule has 0 radical (unpaired) electrons. The van der Waals surface area contributed by atoms with Gasteiger partial charge in [-0.15, -0.1) is 0 Å². The SMILES string of the molecule is CNC1CCCCO1.Cc1ccccc1. The van der Waals surface area contributed by atoms with Gasteiger partial charge in [0.05, 0.1) is 0 Å². The molecule has 1 aliphatic rings. The molecule has 1 aliphatic heterocycles. The minimum absolute atomic E-state index is 0.337. The fraction of sp³-hybridized carbons (Fsp3) is 0.538. The fourth-order valence-corrected chi connectivity index (χ4v) is 1.50. The molecule has 2 rings (SSSR count). The van der Waals surface area contributed by atoms with Gasteiger partial charge < -0.3 is 4.74 Å². The van der Waals surface area contributed by atoms with E-state index in [9.17, 15) is 0 Å². The van der Waals surface area contributed by atoms with E-state index in [1.807, 2.05) is 25.2 Å². The highest BCUT2D eigenvalue weighted by atomic mass is 16.5. The van der Waals surface area contributed by atoms with Gasteiger partial charge in [0.1, 0.15) is 6.23 Å². The fourth-order valence-electron chi connectivity index (χ4n) is 1.50. The molecule has 1 unspecified atom stereocenters. The standard InChI is InChI=1S/C7H8.C6H13NO/c1-7-5-3-2-4-6-7;1-7-6-4-2-3-5-8-6/h2-6H,1H3;6-7H,2-5H2,1H3. The van der Waals surface area contributed by atoms with Gasteiger partial charge in [0.25, 0.3) is 0 Å². The maximum Gasteiger partial charge on any atom is 0.107 e. The van der Waals surface area contributed by atoms with Gasteiger partial charge in [-0.3, -0.25) is 5.32 Å². The zero-order chi connectivity index (χ0) is 10.9. The summed E-state index contributed by atoms with van der Waals surface area (Å²) < 4.78 is 5.32. The molecule has 0 aromatic heterocycles. The first-order chi connectivity index (χ1) is 7.33. The molecule has 0 bridgehead atoms. The summed E-state index contributed by atoms with van der Waals surface area (Å²) in [7, 11) is 1.94. The Morgan fingerprint density at radius 2 is 1.93 bits per heavy atom. The van der Waals surface area contributed by atoms with Crippen LogP contribution in [0.3, 0.4) is 0 Å². The molecule has 1 aromatic rings. The van der Waals surface area contributed by atoms with Gasteiger partial charge in [0, 0.05) is 6.61 Å². The molecule has 1 atom stereocenters. The van der Waals surface area contributed by atoms with Crippen LogP contribution in [0.2, 0.25) is 0 Å². The molecule has 1 saturated heterocycles. The molecular weight excluding hydrogens is 186 g/mol. The van der Waals surface area contributed by atoms with Crippen LogP contribution in [0.5, 0.6) is 0 Å². The van der Waals surface area contributed by atoms with Crippen LogP contribution in [0, 0.1) is 6.92 Å². The summed E-state index contributed by atoms with van der Waals surface area (Å²) in [6, 6.07) is 10.3. The van der Waals surface area contributed by atoms with Crippen molar-refractivity contribution >= 4 is 0 Å². The van der Waals surface area contributed by atoms with Crippen molar-refractivity contribution in [2.75, 3.05) is 13.7 Å². The smallest absolute Gasteiger partial charge is 0.107 e. The second-order valence-electron chi connectivity index (χ2n) is 3.80. The van der Waals surface area contributed by atoms with Crippen molar-refractivity contribution in [2.24, 2.45) is 0 Å². The van der Waals surface area contributed by atoms with E-state index >= 15 is 0 Å². The third-order valence-electron chi connectivity index (χ3n) is 2.44. The maximum absolute atomic E-state index is 5.32. The van der Waals surface area contributed by atoms with Crippen LogP contribution in [0.15, 0.2) is 30.3 Å². The Bertz CT molecular complexity index is 242. The van der Waals surface area contributed by atoms with E-state index in [0.29, 0.717) is 6.23 Å². The van der Waals surface area contributed by atoms with Gasteiger partial charge in [0.2, 0.25) is 0 Å². The van der Waals surface area contributed by atoms with Crippen LogP contribution in [-0.2, 0) is 4.74 Å². The van der Waals surface area contributed by atoms with Crippen molar-refractivity contribution in [1.29, 1.82) is 0 Å². The van der Waals surface area contributed by atoms with Crippen molar-refractivity contribution in [2.45, 2.75) is 32.4 Å². The van der Waals surface area contributed by atoms with Crippen LogP contribution in [0.4, 0.5) is 0 Å². The molecule has 84 valence electrons. The van der Waals surface area contributed by atoms with E-state index < -0.39 is 0 Å². The van der Waals surface area contributed by atoms with E-state index in [1.165, 1.54) is 24.8 Å². The molecule has 0 amide bonds. The highest BCUT2D eigenvalue weighted by molar-refractivity contribution is 5.11. The summed E-state index contributed by atoms with van der Waals surface area (Å²) in [5, 5.41) is 3.08. The third kappa shape index (κ3) is 5.55. The lowest BCUT2D eigenvalue weighted by atomic mass is 10.2. The van der Waals surface area contributed by atoms with E-state index in [2.05, 4.69) is 24.4 Å². The second kappa shape index (κ2) is 7.43. The van der Waals surface area contributed by atoms with Gasteiger partial charge in [-0.2, -0.15) is 0 Å². The second-order valence-corrected chi connectivity index (χ2v) is 3.80. The highest BCUT2D eigenvalue weighted by Gasteiger charge is 2.09. The van der Waals surface area contributed by atoms with Crippen LogP contribution in [-0.4, -0.2) is 19.9 Å². The van der Waals surface area contributed by atoms with Crippen molar-refractivity contribution < 1.29 is 4.74 Å². The summed E-state index contributed by atoms with van der Waals surface area (Å²) in [4.78, 5) is 0. The zero-order valence-electron chi connectivity index (χ0n) is 9.70. The summed E-state index contributed by atoms with van der Waals surface area (Å²) in [5.41, 5.74) is 1.32. The number of hydrogen-bond acceptors (Lipinski definition) is 2. The first-order valence-corrected chi connectivity index (χ1v) is 5.63. The maximum atomic E-state index is 5.32. The largest absolute Gasteiger partial charge is 0.363 e. The lowest BCUT2D eigenvalue weighted by Gasteiger charge is -2.21. The molecule has 2 nitrogen and oxygen atoms in total. The van der Waals surface area contributed by atoms with E-state index in [4.69, 9.17) is 4.74 Å². The summed E-state index contributed by atoms with van der Waals surface area (Å²) >= 11 is 0. The average Bonchev–Trinajstić information content (AvgIpc) is 2.32. The number of nitrogens with one attached hydrogen (secondary N) is 1. The molecule has 2 heteroatoms. The lowest BCUT2D eigenvalue weighted by molar-refractivity contribution is -0.000317. The number of hydrogen-bond donors (Lipinski definition) is 1. The minimum Gasteiger partial charge on any atom is -0.363 e. The molecule has 15 heavy (non-hydrogen) atoms. The molecule has 1 fully saturated rings. The first-order valence-electron chi connectivity index (χ1n) is 5.63. The molecule has 1 N–H and O–H groups in total. The monoisotopic (exact) mass is 207 g/mol. The van der Waals surface area contributed by atoms with E-state index in [0.717, 1.165) is 6.61 Å². The van der Waals surface area contributed by atoms with Crippen LogP contribution >= 0.6 is 0 Å². The van der Waals surface area contributed by atoms with Crippen molar-refractivity contribution in [3.05, 3.63) is 35.9 Å². The third-order valence-corrected chi connectivity index (χ3v) is 2.44. The van der Waals surface area contributed by atoms with E-state index in [1.54, 1.807) is 0 Å². The van der Waals surface area contributed by atoms with Crippen LogP contribution < -0.4 is 5.32 Å². The summed E-state index contributed by atoms with van der Waals surface area (Å²) in [5.74, 6) is 0. The summed E-state index contributed by atoms with van der Waals surface area (Å²) in [6.07, 6.45) is 4.06. The molecule has 0 aliphatic carbocycles. The predicted octanol–water partition coefficient (Wildman–Crippen LogP) is 2.73. The quantitative estimate of drug-likeness (QED) is 0.764.